The van der Waals surface area contributed by atoms with Gasteiger partial charge in [-0.1, -0.05) is 54.2 Å². The number of nitrogens with zero attached hydrogens (tertiary/aromatic N) is 3. The average Bonchev–Trinajstić information content (AvgIpc) is 3.03. The van der Waals surface area contributed by atoms with Gasteiger partial charge >= 0.3 is 0 Å². The van der Waals surface area contributed by atoms with Crippen LogP contribution in [0.4, 0.5) is 10.1 Å². The van der Waals surface area contributed by atoms with Gasteiger partial charge in [0, 0.05) is 0 Å². The molecule has 2 aromatic carbocycles. The van der Waals surface area contributed by atoms with Crippen molar-refractivity contribution in [1.29, 1.82) is 0 Å². The third kappa shape index (κ3) is 3.03. The molecule has 2 N–H and O–H groups in total. The zero-order chi connectivity index (χ0) is 18.1. The van der Waals surface area contributed by atoms with E-state index in [9.17, 15) is 9.18 Å². The second kappa shape index (κ2) is 6.80. The van der Waals surface area contributed by atoms with Gasteiger partial charge in [-0.3, -0.25) is 4.79 Å². The van der Waals surface area contributed by atoms with E-state index < -0.39 is 11.1 Å². The van der Waals surface area contributed by atoms with Crippen LogP contribution in [-0.2, 0) is 4.79 Å². The number of carbonyl (C=O) groups is 1. The summed E-state index contributed by atoms with van der Waals surface area (Å²) in [5.74, 6) is -0.0559. The number of amides is 1. The molecule has 0 radical (unpaired) electrons. The smallest absolute Gasteiger partial charge is 0.240 e. The first-order chi connectivity index (χ1) is 12.6. The summed E-state index contributed by atoms with van der Waals surface area (Å²) >= 11 is 1.31. The highest BCUT2D eigenvalue weighted by molar-refractivity contribution is 8.00. The van der Waals surface area contributed by atoms with Crippen LogP contribution < -0.4 is 10.7 Å². The van der Waals surface area contributed by atoms with Crippen LogP contribution in [0.5, 0.6) is 0 Å². The Bertz CT molecular complexity index is 946. The van der Waals surface area contributed by atoms with Crippen LogP contribution in [0.2, 0.25) is 0 Å². The molecule has 2 heterocycles. The molecule has 4 rings (SSSR count). The first kappa shape index (κ1) is 16.6. The Balaban J connectivity index is 1.67. The van der Waals surface area contributed by atoms with Gasteiger partial charge in [0.2, 0.25) is 11.1 Å². The van der Waals surface area contributed by atoms with E-state index in [2.05, 4.69) is 20.9 Å². The number of fused-ring (bicyclic) bond motifs is 1. The third-order valence-electron chi connectivity index (χ3n) is 4.15. The Kier molecular flexibility index (Phi) is 4.34. The molecule has 0 saturated heterocycles. The lowest BCUT2D eigenvalue weighted by molar-refractivity contribution is -0.116. The third-order valence-corrected chi connectivity index (χ3v) is 5.36. The Morgan fingerprint density at radius 2 is 1.88 bits per heavy atom. The topological polar surface area (TPSA) is 71.8 Å². The molecule has 0 unspecified atom stereocenters. The number of aryl methyl sites for hydroxylation is 1. The molecule has 0 spiro atoms. The summed E-state index contributed by atoms with van der Waals surface area (Å²) in [5.41, 5.74) is 4.42. The van der Waals surface area contributed by atoms with Crippen LogP contribution in [0.3, 0.4) is 0 Å². The Labute approximate surface area is 153 Å². The van der Waals surface area contributed by atoms with E-state index >= 15 is 0 Å². The first-order valence-electron chi connectivity index (χ1n) is 8.09. The molecule has 0 aliphatic carbocycles. The van der Waals surface area contributed by atoms with Gasteiger partial charge in [-0.25, -0.2) is 9.07 Å². The molecule has 6 nitrogen and oxygen atoms in total. The number of carbonyl (C=O) groups excluding carboxylic acids is 1. The predicted octanol–water partition coefficient (Wildman–Crippen LogP) is 3.12. The second-order valence-corrected chi connectivity index (χ2v) is 7.00. The molecule has 3 aromatic rings. The van der Waals surface area contributed by atoms with Crippen LogP contribution in [0, 0.1) is 12.7 Å². The molecule has 0 fully saturated rings. The fraction of sp³-hybridized carbons (Fsp3) is 0.167. The predicted molar refractivity (Wildman–Crippen MR) is 98.0 cm³/mol. The Morgan fingerprint density at radius 3 is 2.65 bits per heavy atom. The van der Waals surface area contributed by atoms with Crippen molar-refractivity contribution in [2.75, 3.05) is 10.7 Å². The quantitative estimate of drug-likeness (QED) is 0.742. The van der Waals surface area contributed by atoms with Crippen LogP contribution in [0.25, 0.3) is 0 Å². The average molecular weight is 369 g/mol. The monoisotopic (exact) mass is 369 g/mol. The molecule has 132 valence electrons. The van der Waals surface area contributed by atoms with Gasteiger partial charge in [0.1, 0.15) is 16.9 Å². The van der Waals surface area contributed by atoms with E-state index in [1.54, 1.807) is 22.9 Å². The summed E-state index contributed by atoms with van der Waals surface area (Å²) in [4.78, 5) is 12.9. The number of anilines is 1. The van der Waals surface area contributed by atoms with Gasteiger partial charge in [-0.2, -0.15) is 0 Å². The lowest BCUT2D eigenvalue weighted by Crippen LogP contribution is -2.41. The van der Waals surface area contributed by atoms with Gasteiger partial charge in [-0.15, -0.1) is 10.2 Å². The van der Waals surface area contributed by atoms with E-state index in [1.807, 2.05) is 37.3 Å². The largest absolute Gasteiger partial charge is 0.323 e. The summed E-state index contributed by atoms with van der Waals surface area (Å²) in [6.45, 7) is 1.84. The van der Waals surface area contributed by atoms with Crippen molar-refractivity contribution < 1.29 is 9.18 Å². The van der Waals surface area contributed by atoms with E-state index in [-0.39, 0.29) is 17.6 Å². The fourth-order valence-corrected chi connectivity index (χ4v) is 3.96. The van der Waals surface area contributed by atoms with Crippen LogP contribution in [0.1, 0.15) is 17.4 Å². The molecule has 26 heavy (non-hydrogen) atoms. The number of nitrogens with one attached hydrogen (secondary N) is 2. The number of aromatic nitrogens is 3. The molecule has 1 aromatic heterocycles. The Morgan fingerprint density at radius 1 is 1.15 bits per heavy atom. The number of para-hydroxylation sites is 1. The number of benzene rings is 2. The van der Waals surface area contributed by atoms with Crippen LogP contribution in [0.15, 0.2) is 59.8 Å². The SMILES string of the molecule is Cc1nnc2n1N[C@H](c1ccccc1)[C@@H](C(=O)Nc1ccccc1F)S2. The van der Waals surface area contributed by atoms with E-state index in [1.165, 1.54) is 17.8 Å². The van der Waals surface area contributed by atoms with Crippen molar-refractivity contribution in [1.82, 2.24) is 14.9 Å². The van der Waals surface area contributed by atoms with Crippen molar-refractivity contribution in [3.63, 3.8) is 0 Å². The van der Waals surface area contributed by atoms with Gasteiger partial charge < -0.3 is 10.7 Å². The second-order valence-electron chi connectivity index (χ2n) is 5.89. The van der Waals surface area contributed by atoms with E-state index in [0.717, 1.165) is 5.56 Å². The van der Waals surface area contributed by atoms with Crippen LogP contribution in [-0.4, -0.2) is 26.0 Å². The van der Waals surface area contributed by atoms with Gasteiger partial charge in [0.25, 0.3) is 0 Å². The lowest BCUT2D eigenvalue weighted by Gasteiger charge is -2.32. The number of thioether (sulfide) groups is 1. The van der Waals surface area contributed by atoms with Crippen LogP contribution >= 0.6 is 11.8 Å². The molecular formula is C18H16FN5OS. The molecule has 0 bridgehead atoms. The first-order valence-corrected chi connectivity index (χ1v) is 8.97. The van der Waals surface area contributed by atoms with Gasteiger partial charge in [0.15, 0.2) is 0 Å². The molecule has 1 amide bonds. The molecule has 1 aliphatic rings. The highest BCUT2D eigenvalue weighted by Gasteiger charge is 2.37. The molecule has 0 saturated carbocycles. The molecular weight excluding hydrogens is 353 g/mol. The molecule has 2 atom stereocenters. The number of rotatable bonds is 3. The Hall–Kier alpha value is -2.87. The highest BCUT2D eigenvalue weighted by Crippen LogP contribution is 2.37. The molecule has 1 aliphatic heterocycles. The maximum Gasteiger partial charge on any atom is 0.240 e. The minimum Gasteiger partial charge on any atom is -0.323 e. The number of halogens is 1. The number of hydrogen-bond acceptors (Lipinski definition) is 5. The summed E-state index contributed by atoms with van der Waals surface area (Å²) < 4.78 is 15.7. The van der Waals surface area contributed by atoms with Gasteiger partial charge in [-0.05, 0) is 24.6 Å². The normalized spacial score (nSPS) is 18.7. The summed E-state index contributed by atoms with van der Waals surface area (Å²) in [7, 11) is 0. The summed E-state index contributed by atoms with van der Waals surface area (Å²) in [5, 5.41) is 10.9. The molecule has 8 heteroatoms. The zero-order valence-corrected chi connectivity index (χ0v) is 14.7. The van der Waals surface area contributed by atoms with Crippen molar-refractivity contribution in [2.45, 2.75) is 23.4 Å². The van der Waals surface area contributed by atoms with Gasteiger partial charge in [0.05, 0.1) is 11.7 Å². The van der Waals surface area contributed by atoms with Crippen molar-refractivity contribution >= 4 is 23.4 Å². The van der Waals surface area contributed by atoms with E-state index in [4.69, 9.17) is 0 Å². The lowest BCUT2D eigenvalue weighted by atomic mass is 10.0. The minimum absolute atomic E-state index is 0.160. The summed E-state index contributed by atoms with van der Waals surface area (Å²) in [6, 6.07) is 15.5. The maximum atomic E-state index is 13.9. The number of hydrogen-bond donors (Lipinski definition) is 2. The van der Waals surface area contributed by atoms with Crippen molar-refractivity contribution in [3.05, 3.63) is 71.8 Å². The van der Waals surface area contributed by atoms with Crippen molar-refractivity contribution in [3.8, 4) is 0 Å². The maximum absolute atomic E-state index is 13.9. The minimum atomic E-state index is -0.534. The van der Waals surface area contributed by atoms with Crippen molar-refractivity contribution in [2.24, 2.45) is 0 Å². The summed E-state index contributed by atoms with van der Waals surface area (Å²) in [6.07, 6.45) is 0. The fourth-order valence-electron chi connectivity index (χ4n) is 2.84. The standard InChI is InChI=1S/C18H16FN5OS/c1-11-21-22-18-24(11)23-15(12-7-3-2-4-8-12)16(26-18)17(25)20-14-10-6-5-9-13(14)19/h2-10,15-16,23H,1H3,(H,20,25)/t15-,16+/m1/s1. The zero-order valence-electron chi connectivity index (χ0n) is 13.9. The highest BCUT2D eigenvalue weighted by atomic mass is 32.2. The van der Waals surface area contributed by atoms with E-state index in [0.29, 0.717) is 11.0 Å².